The molecule has 0 aliphatic carbocycles. The number of ether oxygens (including phenoxy) is 2. The molecular weight excluding hydrogens is 234 g/mol. The van der Waals surface area contributed by atoms with Crippen molar-refractivity contribution in [3.05, 3.63) is 0 Å². The Bertz CT molecular complexity index is 272. The van der Waals surface area contributed by atoms with Gasteiger partial charge in [-0.3, -0.25) is 9.69 Å². The van der Waals surface area contributed by atoms with Crippen LogP contribution < -0.4 is 0 Å². The molecular formula is C13H25NO4. The maximum atomic E-state index is 11.3. The summed E-state index contributed by atoms with van der Waals surface area (Å²) in [4.78, 5) is 13.4. The highest BCUT2D eigenvalue weighted by molar-refractivity contribution is 5.69. The number of aliphatic hydroxyl groups excluding tert-OH is 1. The van der Waals surface area contributed by atoms with Gasteiger partial charge in [0.15, 0.2) is 0 Å². The van der Waals surface area contributed by atoms with E-state index in [1.807, 2.05) is 0 Å². The van der Waals surface area contributed by atoms with Crippen LogP contribution in [-0.4, -0.2) is 61.0 Å². The van der Waals surface area contributed by atoms with Gasteiger partial charge < -0.3 is 14.6 Å². The van der Waals surface area contributed by atoms with Crippen LogP contribution in [0.4, 0.5) is 0 Å². The molecule has 1 rings (SSSR count). The van der Waals surface area contributed by atoms with Gasteiger partial charge in [-0.1, -0.05) is 0 Å². The van der Waals surface area contributed by atoms with Crippen molar-refractivity contribution in [1.82, 2.24) is 4.90 Å². The number of likely N-dealkylation sites (tertiary alicyclic amines) is 1. The zero-order valence-electron chi connectivity index (χ0n) is 11.6. The minimum Gasteiger partial charge on any atom is -0.466 e. The van der Waals surface area contributed by atoms with Crippen LogP contribution >= 0.6 is 0 Å². The average molecular weight is 259 g/mol. The van der Waals surface area contributed by atoms with Crippen molar-refractivity contribution in [3.63, 3.8) is 0 Å². The molecule has 5 heteroatoms. The molecule has 5 nitrogen and oxygen atoms in total. The Hall–Kier alpha value is -0.650. The fraction of sp³-hybridized carbons (Fsp3) is 0.923. The quantitative estimate of drug-likeness (QED) is 0.715. The molecule has 1 aliphatic heterocycles. The minimum absolute atomic E-state index is 0.0635. The molecule has 2 atom stereocenters. The molecule has 1 N–H and O–H groups in total. The smallest absolute Gasteiger partial charge is 0.308 e. The first-order chi connectivity index (χ1) is 8.49. The Morgan fingerprint density at radius 2 is 2.28 bits per heavy atom. The van der Waals surface area contributed by atoms with E-state index in [9.17, 15) is 9.90 Å². The summed E-state index contributed by atoms with van der Waals surface area (Å²) in [5.74, 6) is -0.337. The maximum absolute atomic E-state index is 11.3. The number of carbonyl (C=O) groups excluding carboxylic acids is 1. The predicted molar refractivity (Wildman–Crippen MR) is 68.3 cm³/mol. The molecule has 0 amide bonds. The molecule has 0 radical (unpaired) electrons. The third-order valence-corrected chi connectivity index (χ3v) is 3.41. The summed E-state index contributed by atoms with van der Waals surface area (Å²) < 4.78 is 10.3. The molecule has 1 fully saturated rings. The third-order valence-electron chi connectivity index (χ3n) is 3.41. The van der Waals surface area contributed by atoms with E-state index < -0.39 is 6.10 Å². The standard InChI is InChI=1S/C13H25NO4/c1-4-18-12(16)8-11(15)9-14-7-5-6-13(2,10-14)17-3/h11,15H,4-10H2,1-3H3. The van der Waals surface area contributed by atoms with Gasteiger partial charge >= 0.3 is 5.97 Å². The third kappa shape index (κ3) is 4.92. The number of β-amino-alcohol motifs (C(OH)–C–C–N with tert-alkyl or cyclic N) is 1. The number of carbonyl (C=O) groups is 1. The fourth-order valence-electron chi connectivity index (χ4n) is 2.41. The van der Waals surface area contributed by atoms with Gasteiger partial charge in [-0.15, -0.1) is 0 Å². The van der Waals surface area contributed by atoms with Gasteiger partial charge in [0.2, 0.25) is 0 Å². The van der Waals surface area contributed by atoms with E-state index in [2.05, 4.69) is 11.8 Å². The van der Waals surface area contributed by atoms with Crippen molar-refractivity contribution in [1.29, 1.82) is 0 Å². The molecule has 0 aromatic heterocycles. The van der Waals surface area contributed by atoms with E-state index in [0.29, 0.717) is 13.2 Å². The number of rotatable bonds is 6. The van der Waals surface area contributed by atoms with Gasteiger partial charge in [0, 0.05) is 20.2 Å². The summed E-state index contributed by atoms with van der Waals surface area (Å²) in [5, 5.41) is 9.86. The molecule has 0 aromatic rings. The first-order valence-electron chi connectivity index (χ1n) is 6.60. The normalized spacial score (nSPS) is 26.9. The van der Waals surface area contributed by atoms with Gasteiger partial charge in [-0.2, -0.15) is 0 Å². The summed E-state index contributed by atoms with van der Waals surface area (Å²) >= 11 is 0. The summed E-state index contributed by atoms with van der Waals surface area (Å²) in [6.45, 7) is 6.44. The molecule has 0 saturated carbocycles. The largest absolute Gasteiger partial charge is 0.466 e. The van der Waals surface area contributed by atoms with E-state index in [1.54, 1.807) is 14.0 Å². The minimum atomic E-state index is -0.664. The molecule has 1 saturated heterocycles. The summed E-state index contributed by atoms with van der Waals surface area (Å²) in [5.41, 5.74) is -0.137. The van der Waals surface area contributed by atoms with Crippen LogP contribution in [0.1, 0.15) is 33.1 Å². The summed E-state index contributed by atoms with van der Waals surface area (Å²) in [6.07, 6.45) is 1.49. The van der Waals surface area contributed by atoms with E-state index >= 15 is 0 Å². The monoisotopic (exact) mass is 259 g/mol. The molecule has 2 unspecified atom stereocenters. The number of nitrogens with zero attached hydrogens (tertiary/aromatic N) is 1. The highest BCUT2D eigenvalue weighted by Gasteiger charge is 2.31. The molecule has 1 aliphatic rings. The van der Waals surface area contributed by atoms with Gasteiger partial charge in [0.25, 0.3) is 0 Å². The van der Waals surface area contributed by atoms with Crippen molar-refractivity contribution in [2.24, 2.45) is 0 Å². The zero-order chi connectivity index (χ0) is 13.6. The highest BCUT2D eigenvalue weighted by atomic mass is 16.5. The number of hydrogen-bond donors (Lipinski definition) is 1. The average Bonchev–Trinajstić information content (AvgIpc) is 2.29. The van der Waals surface area contributed by atoms with E-state index in [4.69, 9.17) is 9.47 Å². The molecule has 106 valence electrons. The van der Waals surface area contributed by atoms with Crippen molar-refractivity contribution >= 4 is 5.97 Å². The maximum Gasteiger partial charge on any atom is 0.308 e. The zero-order valence-corrected chi connectivity index (χ0v) is 11.6. The van der Waals surface area contributed by atoms with Crippen LogP contribution in [0.2, 0.25) is 0 Å². The molecule has 1 heterocycles. The van der Waals surface area contributed by atoms with E-state index in [-0.39, 0.29) is 18.0 Å². The van der Waals surface area contributed by atoms with Gasteiger partial charge in [-0.05, 0) is 33.2 Å². The van der Waals surface area contributed by atoms with Crippen LogP contribution in [0, 0.1) is 0 Å². The Kier molecular flexibility index (Phi) is 6.05. The van der Waals surface area contributed by atoms with Crippen LogP contribution in [-0.2, 0) is 14.3 Å². The topological polar surface area (TPSA) is 59.0 Å². The van der Waals surface area contributed by atoms with Crippen LogP contribution in [0.25, 0.3) is 0 Å². The first kappa shape index (κ1) is 15.4. The Labute approximate surface area is 109 Å². The summed E-state index contributed by atoms with van der Waals surface area (Å²) in [7, 11) is 1.72. The van der Waals surface area contributed by atoms with Crippen molar-refractivity contribution in [3.8, 4) is 0 Å². The Morgan fingerprint density at radius 3 is 2.89 bits per heavy atom. The highest BCUT2D eigenvalue weighted by Crippen LogP contribution is 2.23. The number of esters is 1. The Morgan fingerprint density at radius 1 is 1.56 bits per heavy atom. The SMILES string of the molecule is CCOC(=O)CC(O)CN1CCCC(C)(OC)C1. The van der Waals surface area contributed by atoms with Gasteiger partial charge in [-0.25, -0.2) is 0 Å². The molecule has 18 heavy (non-hydrogen) atoms. The lowest BCUT2D eigenvalue weighted by molar-refractivity contribution is -0.145. The lowest BCUT2D eigenvalue weighted by atomic mass is 9.94. The lowest BCUT2D eigenvalue weighted by Gasteiger charge is -2.40. The van der Waals surface area contributed by atoms with Crippen molar-refractivity contribution in [2.75, 3.05) is 33.4 Å². The predicted octanol–water partition coefficient (Wildman–Crippen LogP) is 0.801. The Balaban J connectivity index is 2.35. The van der Waals surface area contributed by atoms with Gasteiger partial charge in [0.1, 0.15) is 0 Å². The second-order valence-corrected chi connectivity index (χ2v) is 5.16. The van der Waals surface area contributed by atoms with Crippen molar-refractivity contribution < 1.29 is 19.4 Å². The second-order valence-electron chi connectivity index (χ2n) is 5.16. The second kappa shape index (κ2) is 7.07. The van der Waals surface area contributed by atoms with Crippen LogP contribution in [0.15, 0.2) is 0 Å². The van der Waals surface area contributed by atoms with Crippen LogP contribution in [0.3, 0.4) is 0 Å². The lowest BCUT2D eigenvalue weighted by Crippen LogP contribution is -2.49. The van der Waals surface area contributed by atoms with Crippen LogP contribution in [0.5, 0.6) is 0 Å². The number of piperidine rings is 1. The van der Waals surface area contributed by atoms with Gasteiger partial charge in [0.05, 0.1) is 24.7 Å². The number of hydrogen-bond acceptors (Lipinski definition) is 5. The van der Waals surface area contributed by atoms with E-state index in [0.717, 1.165) is 25.9 Å². The fourth-order valence-corrected chi connectivity index (χ4v) is 2.41. The number of aliphatic hydroxyl groups is 1. The molecule has 0 spiro atoms. The summed E-state index contributed by atoms with van der Waals surface area (Å²) in [6, 6.07) is 0. The molecule has 0 aromatic carbocycles. The van der Waals surface area contributed by atoms with Crippen molar-refractivity contribution in [2.45, 2.75) is 44.8 Å². The van der Waals surface area contributed by atoms with E-state index in [1.165, 1.54) is 0 Å². The molecule has 0 bridgehead atoms. The number of methoxy groups -OCH3 is 1. The first-order valence-corrected chi connectivity index (χ1v) is 6.60.